The number of aryl methyl sites for hydroxylation is 2. The molecule has 1 aliphatic rings. The van der Waals surface area contributed by atoms with Crippen molar-refractivity contribution in [1.82, 2.24) is 0 Å². The zero-order valence-corrected chi connectivity index (χ0v) is 9.75. The van der Waals surface area contributed by atoms with Crippen LogP contribution in [-0.2, 0) is 4.79 Å². The summed E-state index contributed by atoms with van der Waals surface area (Å²) in [5, 5.41) is 0. The summed E-state index contributed by atoms with van der Waals surface area (Å²) >= 11 is 0. The highest BCUT2D eigenvalue weighted by Gasteiger charge is 2.30. The van der Waals surface area contributed by atoms with E-state index in [2.05, 4.69) is 0 Å². The summed E-state index contributed by atoms with van der Waals surface area (Å²) in [5.74, 6) is 0.253. The fraction of sp³-hybridized carbons (Fsp3) is 0.429. The number of carbonyl (C=O) groups excluding carboxylic acids is 2. The lowest BCUT2D eigenvalue weighted by molar-refractivity contribution is -0.119. The Morgan fingerprint density at radius 1 is 1.12 bits per heavy atom. The van der Waals surface area contributed by atoms with Crippen LogP contribution in [-0.4, -0.2) is 11.6 Å². The van der Waals surface area contributed by atoms with Gasteiger partial charge in [0, 0.05) is 11.5 Å². The van der Waals surface area contributed by atoms with Crippen molar-refractivity contribution < 1.29 is 9.59 Å². The van der Waals surface area contributed by atoms with Crippen molar-refractivity contribution in [1.29, 1.82) is 0 Å². The minimum absolute atomic E-state index is 0.0382. The molecule has 0 unspecified atom stereocenters. The molecule has 84 valence electrons. The minimum atomic E-state index is -0.0382. The van der Waals surface area contributed by atoms with Gasteiger partial charge in [-0.2, -0.15) is 0 Å². The Morgan fingerprint density at radius 3 is 2.19 bits per heavy atom. The molecule has 0 atom stereocenters. The van der Waals surface area contributed by atoms with E-state index in [1.807, 2.05) is 32.0 Å². The zero-order chi connectivity index (χ0) is 11.7. The van der Waals surface area contributed by atoms with E-state index in [0.717, 1.165) is 24.0 Å². The SMILES string of the molecule is Cc1cc(C)cc(C(=O)CC(=O)C2CC2)c1. The Kier molecular flexibility index (Phi) is 2.90. The molecule has 0 aromatic heterocycles. The highest BCUT2D eigenvalue weighted by molar-refractivity contribution is 6.09. The highest BCUT2D eigenvalue weighted by atomic mass is 16.1. The number of rotatable bonds is 4. The third-order valence-corrected chi connectivity index (χ3v) is 2.91. The summed E-state index contributed by atoms with van der Waals surface area (Å²) < 4.78 is 0. The Hall–Kier alpha value is -1.44. The lowest BCUT2D eigenvalue weighted by Gasteiger charge is -2.03. The number of ketones is 2. The average Bonchev–Trinajstić information content (AvgIpc) is 2.98. The van der Waals surface area contributed by atoms with E-state index in [1.54, 1.807) is 0 Å². The average molecular weight is 216 g/mol. The molecule has 1 aromatic rings. The van der Waals surface area contributed by atoms with Crippen LogP contribution in [0, 0.1) is 19.8 Å². The molecule has 0 radical (unpaired) electrons. The molecule has 2 heteroatoms. The maximum atomic E-state index is 11.9. The first-order valence-corrected chi connectivity index (χ1v) is 5.70. The van der Waals surface area contributed by atoms with Crippen LogP contribution in [0.1, 0.15) is 40.7 Å². The topological polar surface area (TPSA) is 34.1 Å². The van der Waals surface area contributed by atoms with Crippen molar-refractivity contribution in [2.45, 2.75) is 33.1 Å². The first-order chi connectivity index (χ1) is 7.56. The minimum Gasteiger partial charge on any atom is -0.299 e. The predicted molar refractivity (Wildman–Crippen MR) is 62.6 cm³/mol. The van der Waals surface area contributed by atoms with Crippen molar-refractivity contribution in [3.8, 4) is 0 Å². The molecule has 1 fully saturated rings. The molecule has 2 nitrogen and oxygen atoms in total. The normalized spacial score (nSPS) is 14.9. The second-order valence-corrected chi connectivity index (χ2v) is 4.72. The Labute approximate surface area is 95.7 Å². The summed E-state index contributed by atoms with van der Waals surface area (Å²) in [7, 11) is 0. The van der Waals surface area contributed by atoms with Gasteiger partial charge in [-0.15, -0.1) is 0 Å². The van der Waals surface area contributed by atoms with Gasteiger partial charge in [0.25, 0.3) is 0 Å². The highest BCUT2D eigenvalue weighted by Crippen LogP contribution is 2.31. The second kappa shape index (κ2) is 4.20. The molecule has 0 saturated heterocycles. The molecular formula is C14H16O2. The predicted octanol–water partition coefficient (Wildman–Crippen LogP) is 2.86. The van der Waals surface area contributed by atoms with E-state index in [1.165, 1.54) is 0 Å². The van der Waals surface area contributed by atoms with Gasteiger partial charge < -0.3 is 0 Å². The van der Waals surface area contributed by atoms with Gasteiger partial charge in [-0.05, 0) is 38.8 Å². The van der Waals surface area contributed by atoms with E-state index in [4.69, 9.17) is 0 Å². The van der Waals surface area contributed by atoms with Crippen LogP contribution >= 0.6 is 0 Å². The molecule has 0 N–H and O–H groups in total. The van der Waals surface area contributed by atoms with Crippen LogP contribution in [0.25, 0.3) is 0 Å². The van der Waals surface area contributed by atoms with Crippen LogP contribution in [0.3, 0.4) is 0 Å². The number of hydrogen-bond donors (Lipinski definition) is 0. The van der Waals surface area contributed by atoms with Crippen molar-refractivity contribution in [2.75, 3.05) is 0 Å². The van der Waals surface area contributed by atoms with Crippen LogP contribution < -0.4 is 0 Å². The van der Waals surface area contributed by atoms with Crippen LogP contribution in [0.4, 0.5) is 0 Å². The number of carbonyl (C=O) groups is 2. The van der Waals surface area contributed by atoms with Crippen molar-refractivity contribution >= 4 is 11.6 Å². The lowest BCUT2D eigenvalue weighted by Crippen LogP contribution is -2.10. The summed E-state index contributed by atoms with van der Waals surface area (Å²) in [6.45, 7) is 3.93. The van der Waals surface area contributed by atoms with E-state index >= 15 is 0 Å². The van der Waals surface area contributed by atoms with Crippen molar-refractivity contribution in [3.05, 3.63) is 34.9 Å². The molecule has 0 bridgehead atoms. The fourth-order valence-corrected chi connectivity index (χ4v) is 1.95. The van der Waals surface area contributed by atoms with E-state index < -0.39 is 0 Å². The number of Topliss-reactive ketones (excluding diaryl/α,β-unsaturated/α-hetero) is 2. The van der Waals surface area contributed by atoms with Crippen LogP contribution in [0.2, 0.25) is 0 Å². The quantitative estimate of drug-likeness (QED) is 0.573. The first kappa shape index (κ1) is 11.1. The third-order valence-electron chi connectivity index (χ3n) is 2.91. The summed E-state index contributed by atoms with van der Waals surface area (Å²) in [6.07, 6.45) is 2.02. The van der Waals surface area contributed by atoms with Crippen molar-refractivity contribution in [3.63, 3.8) is 0 Å². The monoisotopic (exact) mass is 216 g/mol. The standard InChI is InChI=1S/C14H16O2/c1-9-5-10(2)7-12(6-9)14(16)8-13(15)11-3-4-11/h5-7,11H,3-4,8H2,1-2H3. The number of benzene rings is 1. The molecule has 2 rings (SSSR count). The molecule has 0 spiro atoms. The van der Waals surface area contributed by atoms with Crippen molar-refractivity contribution in [2.24, 2.45) is 5.92 Å². The van der Waals surface area contributed by atoms with Gasteiger partial charge in [0.15, 0.2) is 5.78 Å². The van der Waals surface area contributed by atoms with Gasteiger partial charge in [-0.3, -0.25) is 9.59 Å². The summed E-state index contributed by atoms with van der Waals surface area (Å²) in [5.41, 5.74) is 2.82. The third kappa shape index (κ3) is 2.57. The summed E-state index contributed by atoms with van der Waals surface area (Å²) in [4.78, 5) is 23.4. The van der Waals surface area contributed by atoms with E-state index in [0.29, 0.717) is 5.56 Å². The molecule has 1 saturated carbocycles. The van der Waals surface area contributed by atoms with Gasteiger partial charge >= 0.3 is 0 Å². The lowest BCUT2D eigenvalue weighted by atomic mass is 10.00. The van der Waals surface area contributed by atoms with Gasteiger partial charge in [-0.25, -0.2) is 0 Å². The zero-order valence-electron chi connectivity index (χ0n) is 9.75. The molecule has 1 aromatic carbocycles. The van der Waals surface area contributed by atoms with E-state index in [9.17, 15) is 9.59 Å². The Morgan fingerprint density at radius 2 is 1.69 bits per heavy atom. The van der Waals surface area contributed by atoms with E-state index in [-0.39, 0.29) is 23.9 Å². The molecular weight excluding hydrogens is 200 g/mol. The van der Waals surface area contributed by atoms with Gasteiger partial charge in [0.1, 0.15) is 5.78 Å². The first-order valence-electron chi connectivity index (χ1n) is 5.70. The molecule has 0 aliphatic heterocycles. The van der Waals surface area contributed by atoms with Gasteiger partial charge in [-0.1, -0.05) is 17.2 Å². The second-order valence-electron chi connectivity index (χ2n) is 4.72. The maximum absolute atomic E-state index is 11.9. The molecule has 0 amide bonds. The Bertz CT molecular complexity index is 422. The Balaban J connectivity index is 2.10. The van der Waals surface area contributed by atoms with Crippen LogP contribution in [0.5, 0.6) is 0 Å². The molecule has 16 heavy (non-hydrogen) atoms. The maximum Gasteiger partial charge on any atom is 0.170 e. The largest absolute Gasteiger partial charge is 0.299 e. The molecule has 1 aliphatic carbocycles. The summed E-state index contributed by atoms with van der Waals surface area (Å²) in [6, 6.07) is 5.74. The number of hydrogen-bond acceptors (Lipinski definition) is 2. The fourth-order valence-electron chi connectivity index (χ4n) is 1.95. The smallest absolute Gasteiger partial charge is 0.170 e. The van der Waals surface area contributed by atoms with Gasteiger partial charge in [0.2, 0.25) is 0 Å². The van der Waals surface area contributed by atoms with Gasteiger partial charge in [0.05, 0.1) is 6.42 Å². The molecule has 0 heterocycles. The van der Waals surface area contributed by atoms with Crippen LogP contribution in [0.15, 0.2) is 18.2 Å².